The summed E-state index contributed by atoms with van der Waals surface area (Å²) in [5.41, 5.74) is 2.60. The van der Waals surface area contributed by atoms with Gasteiger partial charge in [-0.25, -0.2) is 14.8 Å². The SMILES string of the molecule is Cc1cccc(CN2CCN(c3cnc(C(=O)O)cn3)CC2)c1. The molecule has 3 rings (SSSR count). The van der Waals surface area contributed by atoms with Crippen molar-refractivity contribution < 1.29 is 9.90 Å². The minimum atomic E-state index is -1.05. The lowest BCUT2D eigenvalue weighted by Crippen LogP contribution is -2.46. The molecule has 2 heterocycles. The number of anilines is 1. The molecule has 120 valence electrons. The molecule has 1 aromatic carbocycles. The molecule has 1 aromatic heterocycles. The van der Waals surface area contributed by atoms with Crippen molar-refractivity contribution in [1.82, 2.24) is 14.9 Å². The van der Waals surface area contributed by atoms with Crippen molar-refractivity contribution in [2.24, 2.45) is 0 Å². The number of rotatable bonds is 4. The number of hydrogen-bond donors (Lipinski definition) is 1. The van der Waals surface area contributed by atoms with Crippen LogP contribution in [0, 0.1) is 6.92 Å². The van der Waals surface area contributed by atoms with Crippen LogP contribution in [0.4, 0.5) is 5.82 Å². The molecule has 0 amide bonds. The van der Waals surface area contributed by atoms with Crippen molar-refractivity contribution in [2.75, 3.05) is 31.1 Å². The van der Waals surface area contributed by atoms with Gasteiger partial charge in [-0.2, -0.15) is 0 Å². The van der Waals surface area contributed by atoms with Crippen molar-refractivity contribution in [3.8, 4) is 0 Å². The van der Waals surface area contributed by atoms with Crippen molar-refractivity contribution in [1.29, 1.82) is 0 Å². The van der Waals surface area contributed by atoms with Gasteiger partial charge in [0.2, 0.25) is 0 Å². The average Bonchev–Trinajstić information content (AvgIpc) is 2.56. The van der Waals surface area contributed by atoms with Gasteiger partial charge in [0.05, 0.1) is 12.4 Å². The number of carboxylic acid groups (broad SMARTS) is 1. The highest BCUT2D eigenvalue weighted by atomic mass is 16.4. The molecule has 1 saturated heterocycles. The summed E-state index contributed by atoms with van der Waals surface area (Å²) in [7, 11) is 0. The molecule has 1 aliphatic heterocycles. The summed E-state index contributed by atoms with van der Waals surface area (Å²) in [6, 6.07) is 8.60. The van der Waals surface area contributed by atoms with Gasteiger partial charge in [-0.3, -0.25) is 4.90 Å². The molecule has 0 spiro atoms. The molecule has 1 N–H and O–H groups in total. The maximum atomic E-state index is 10.8. The average molecular weight is 312 g/mol. The fourth-order valence-corrected chi connectivity index (χ4v) is 2.80. The lowest BCUT2D eigenvalue weighted by Gasteiger charge is -2.35. The van der Waals surface area contributed by atoms with Gasteiger partial charge < -0.3 is 10.0 Å². The Morgan fingerprint density at radius 2 is 1.96 bits per heavy atom. The van der Waals surface area contributed by atoms with Crippen LogP contribution in [0.5, 0.6) is 0 Å². The number of carboxylic acids is 1. The Kier molecular flexibility index (Phi) is 4.52. The quantitative estimate of drug-likeness (QED) is 0.928. The Balaban J connectivity index is 1.56. The molecule has 23 heavy (non-hydrogen) atoms. The molecule has 0 atom stereocenters. The normalized spacial score (nSPS) is 15.6. The number of benzene rings is 1. The van der Waals surface area contributed by atoms with Crippen molar-refractivity contribution >= 4 is 11.8 Å². The van der Waals surface area contributed by atoms with Crippen LogP contribution in [0.3, 0.4) is 0 Å². The number of piperazine rings is 1. The van der Waals surface area contributed by atoms with Crippen LogP contribution in [0.2, 0.25) is 0 Å². The Labute approximate surface area is 135 Å². The zero-order chi connectivity index (χ0) is 16.2. The van der Waals surface area contributed by atoms with Crippen LogP contribution < -0.4 is 4.90 Å². The summed E-state index contributed by atoms with van der Waals surface area (Å²) in [6.07, 6.45) is 2.86. The molecule has 0 unspecified atom stereocenters. The lowest BCUT2D eigenvalue weighted by atomic mass is 10.1. The fourth-order valence-electron chi connectivity index (χ4n) is 2.80. The van der Waals surface area contributed by atoms with E-state index in [-0.39, 0.29) is 5.69 Å². The van der Waals surface area contributed by atoms with Gasteiger partial charge in [-0.05, 0) is 12.5 Å². The predicted octanol–water partition coefficient (Wildman–Crippen LogP) is 1.81. The Hall–Kier alpha value is -2.47. The molecule has 2 aromatic rings. The van der Waals surface area contributed by atoms with Gasteiger partial charge in [0.15, 0.2) is 5.69 Å². The Morgan fingerprint density at radius 3 is 2.57 bits per heavy atom. The van der Waals surface area contributed by atoms with E-state index in [0.29, 0.717) is 0 Å². The molecule has 0 saturated carbocycles. The number of hydrogen-bond acceptors (Lipinski definition) is 5. The molecule has 6 heteroatoms. The zero-order valence-electron chi connectivity index (χ0n) is 13.1. The van der Waals surface area contributed by atoms with E-state index in [1.165, 1.54) is 17.3 Å². The highest BCUT2D eigenvalue weighted by molar-refractivity contribution is 5.84. The van der Waals surface area contributed by atoms with E-state index in [1.54, 1.807) is 6.20 Å². The van der Waals surface area contributed by atoms with E-state index >= 15 is 0 Å². The second-order valence-corrected chi connectivity index (χ2v) is 5.82. The van der Waals surface area contributed by atoms with Crippen LogP contribution in [0.1, 0.15) is 21.6 Å². The van der Waals surface area contributed by atoms with Gasteiger partial charge in [0, 0.05) is 32.7 Å². The number of carbonyl (C=O) groups is 1. The van der Waals surface area contributed by atoms with Gasteiger partial charge in [0.25, 0.3) is 0 Å². The second-order valence-electron chi connectivity index (χ2n) is 5.82. The van der Waals surface area contributed by atoms with E-state index in [4.69, 9.17) is 5.11 Å². The first kappa shape index (κ1) is 15.4. The van der Waals surface area contributed by atoms with Crippen LogP contribution in [-0.2, 0) is 6.54 Å². The molecule has 1 fully saturated rings. The summed E-state index contributed by atoms with van der Waals surface area (Å²) in [6.45, 7) is 6.71. The van der Waals surface area contributed by atoms with Gasteiger partial charge >= 0.3 is 5.97 Å². The largest absolute Gasteiger partial charge is 0.476 e. The van der Waals surface area contributed by atoms with E-state index in [0.717, 1.165) is 38.5 Å². The van der Waals surface area contributed by atoms with Crippen LogP contribution in [0.25, 0.3) is 0 Å². The number of aromatic nitrogens is 2. The highest BCUT2D eigenvalue weighted by Gasteiger charge is 2.18. The molecular weight excluding hydrogens is 292 g/mol. The van der Waals surface area contributed by atoms with Gasteiger partial charge in [-0.15, -0.1) is 0 Å². The summed E-state index contributed by atoms with van der Waals surface area (Å²) >= 11 is 0. The minimum Gasteiger partial charge on any atom is -0.476 e. The Bertz CT molecular complexity index is 679. The standard InChI is InChI=1S/C17H20N4O2/c1-13-3-2-4-14(9-13)12-20-5-7-21(8-6-20)16-11-18-15(10-19-16)17(22)23/h2-4,9-11H,5-8,12H2,1H3,(H,22,23). The van der Waals surface area contributed by atoms with E-state index in [1.807, 2.05) is 0 Å². The van der Waals surface area contributed by atoms with Crippen molar-refractivity contribution in [3.63, 3.8) is 0 Å². The number of aromatic carboxylic acids is 1. The first-order valence-corrected chi connectivity index (χ1v) is 7.70. The molecule has 1 aliphatic rings. The smallest absolute Gasteiger partial charge is 0.356 e. The molecule has 0 aliphatic carbocycles. The minimum absolute atomic E-state index is 0.0215. The number of nitrogens with zero attached hydrogens (tertiary/aromatic N) is 4. The molecule has 0 bridgehead atoms. The topological polar surface area (TPSA) is 69.6 Å². The Morgan fingerprint density at radius 1 is 1.17 bits per heavy atom. The highest BCUT2D eigenvalue weighted by Crippen LogP contribution is 2.15. The monoisotopic (exact) mass is 312 g/mol. The van der Waals surface area contributed by atoms with Crippen LogP contribution in [-0.4, -0.2) is 52.1 Å². The summed E-state index contributed by atoms with van der Waals surface area (Å²) in [4.78, 5) is 23.5. The lowest BCUT2D eigenvalue weighted by molar-refractivity contribution is 0.0690. The first-order valence-electron chi connectivity index (χ1n) is 7.70. The zero-order valence-corrected chi connectivity index (χ0v) is 13.1. The fraction of sp³-hybridized carbons (Fsp3) is 0.353. The second kappa shape index (κ2) is 6.75. The third kappa shape index (κ3) is 3.84. The summed E-state index contributed by atoms with van der Waals surface area (Å²) < 4.78 is 0. The maximum Gasteiger partial charge on any atom is 0.356 e. The van der Waals surface area contributed by atoms with E-state index in [2.05, 4.69) is 51.0 Å². The van der Waals surface area contributed by atoms with Crippen LogP contribution in [0.15, 0.2) is 36.7 Å². The van der Waals surface area contributed by atoms with Crippen molar-refractivity contribution in [2.45, 2.75) is 13.5 Å². The maximum absolute atomic E-state index is 10.8. The van der Waals surface area contributed by atoms with Crippen molar-refractivity contribution in [3.05, 3.63) is 53.5 Å². The van der Waals surface area contributed by atoms with Gasteiger partial charge in [0.1, 0.15) is 5.82 Å². The third-order valence-corrected chi connectivity index (χ3v) is 4.04. The van der Waals surface area contributed by atoms with Crippen LogP contribution >= 0.6 is 0 Å². The van der Waals surface area contributed by atoms with E-state index in [9.17, 15) is 4.79 Å². The van der Waals surface area contributed by atoms with Gasteiger partial charge in [-0.1, -0.05) is 29.8 Å². The number of aryl methyl sites for hydroxylation is 1. The third-order valence-electron chi connectivity index (χ3n) is 4.04. The van der Waals surface area contributed by atoms with E-state index < -0.39 is 5.97 Å². The summed E-state index contributed by atoms with van der Waals surface area (Å²) in [5.74, 6) is -0.308. The predicted molar refractivity (Wildman–Crippen MR) is 87.7 cm³/mol. The molecule has 6 nitrogen and oxygen atoms in total. The first-order chi connectivity index (χ1) is 11.1. The molecule has 0 radical (unpaired) electrons. The summed E-state index contributed by atoms with van der Waals surface area (Å²) in [5, 5.41) is 8.86. The molecular formula is C17H20N4O2.